The van der Waals surface area contributed by atoms with Crippen molar-refractivity contribution in [2.45, 2.75) is 66.7 Å². The van der Waals surface area contributed by atoms with E-state index in [0.29, 0.717) is 12.1 Å². The lowest BCUT2D eigenvalue weighted by atomic mass is 9.88. The average molecular weight is 724 g/mol. The van der Waals surface area contributed by atoms with Crippen LogP contribution in [0.15, 0.2) is 30.5 Å². The van der Waals surface area contributed by atoms with E-state index >= 15 is 0 Å². The molecular formula is C23H12F20N4. The van der Waals surface area contributed by atoms with Gasteiger partial charge in [-0.05, 0) is 24.1 Å². The lowest BCUT2D eigenvalue weighted by molar-refractivity contribution is -0.461. The molecule has 0 fully saturated rings. The molecule has 0 unspecified atom stereocenters. The number of anilines is 1. The molecule has 0 saturated carbocycles. The van der Waals surface area contributed by atoms with Gasteiger partial charge in [0.2, 0.25) is 5.82 Å². The molecule has 0 atom stereocenters. The molecular weight excluding hydrogens is 712 g/mol. The van der Waals surface area contributed by atoms with Crippen LogP contribution in [0.25, 0.3) is 11.1 Å². The third-order valence-electron chi connectivity index (χ3n) is 6.16. The van der Waals surface area contributed by atoms with E-state index in [-0.39, 0.29) is 11.1 Å². The highest BCUT2D eigenvalue weighted by Crippen LogP contribution is 2.64. The van der Waals surface area contributed by atoms with Gasteiger partial charge in [-0.25, -0.2) is 9.97 Å². The molecule has 0 aliphatic rings. The van der Waals surface area contributed by atoms with Crippen molar-refractivity contribution < 1.29 is 87.8 Å². The van der Waals surface area contributed by atoms with Crippen LogP contribution in [-0.4, -0.2) is 64.1 Å². The summed E-state index contributed by atoms with van der Waals surface area (Å²) in [6.45, 7) is -1.14. The van der Waals surface area contributed by atoms with Crippen molar-refractivity contribution in [2.75, 3.05) is 11.9 Å². The van der Waals surface area contributed by atoms with Crippen molar-refractivity contribution in [2.24, 2.45) is 0 Å². The molecule has 2 rings (SSSR count). The van der Waals surface area contributed by atoms with Gasteiger partial charge in [0.1, 0.15) is 11.9 Å². The van der Waals surface area contributed by atoms with Crippen LogP contribution < -0.4 is 5.32 Å². The van der Waals surface area contributed by atoms with Crippen LogP contribution in [0, 0.1) is 11.3 Å². The summed E-state index contributed by atoms with van der Waals surface area (Å²) >= 11 is 0. The SMILES string of the molecule is N#Cc1ncc(-c2ccc(C(F)(F)F)cc2)c(NCCCC(F)(F)C(F)(F)C(F)(F)C(F)(F)C(F)(F)C(F)(F)C(F)(F)C(F)(F)F)n1. The van der Waals surface area contributed by atoms with Crippen LogP contribution in [0.3, 0.4) is 0 Å². The number of alkyl halides is 20. The molecule has 0 bridgehead atoms. The van der Waals surface area contributed by atoms with E-state index in [4.69, 9.17) is 5.26 Å². The summed E-state index contributed by atoms with van der Waals surface area (Å²) in [5, 5.41) is 11.0. The van der Waals surface area contributed by atoms with Gasteiger partial charge in [-0.1, -0.05) is 12.1 Å². The fourth-order valence-electron chi connectivity index (χ4n) is 3.49. The first-order valence-electron chi connectivity index (χ1n) is 11.7. The Hall–Kier alpha value is -3.81. The third-order valence-corrected chi connectivity index (χ3v) is 6.16. The Kier molecular flexibility index (Phi) is 10.1. The lowest BCUT2D eigenvalue weighted by Crippen LogP contribution is -2.74. The second kappa shape index (κ2) is 12.0. The lowest BCUT2D eigenvalue weighted by Gasteiger charge is -2.42. The molecule has 4 nitrogen and oxygen atoms in total. The number of nitrogens with zero attached hydrogens (tertiary/aromatic N) is 3. The number of rotatable bonds is 12. The van der Waals surface area contributed by atoms with E-state index in [1.54, 1.807) is 0 Å². The van der Waals surface area contributed by atoms with Crippen molar-refractivity contribution >= 4 is 5.82 Å². The van der Waals surface area contributed by atoms with Crippen molar-refractivity contribution in [3.63, 3.8) is 0 Å². The fraction of sp³-hybridized carbons (Fsp3) is 0.522. The molecule has 0 spiro atoms. The van der Waals surface area contributed by atoms with E-state index < -0.39 is 90.4 Å². The number of benzene rings is 1. The topological polar surface area (TPSA) is 61.6 Å². The largest absolute Gasteiger partial charge is 0.460 e. The molecule has 0 radical (unpaired) electrons. The maximum Gasteiger partial charge on any atom is 0.460 e. The molecule has 1 aromatic carbocycles. The molecule has 24 heteroatoms. The Labute approximate surface area is 247 Å². The van der Waals surface area contributed by atoms with Gasteiger partial charge in [-0.2, -0.15) is 93.1 Å². The smallest absolute Gasteiger partial charge is 0.369 e. The van der Waals surface area contributed by atoms with Crippen LogP contribution >= 0.6 is 0 Å². The van der Waals surface area contributed by atoms with E-state index in [1.807, 2.05) is 0 Å². The highest BCUT2D eigenvalue weighted by molar-refractivity contribution is 5.74. The standard InChI is InChI=1S/C23H12F20N4/c24-15(25,17(29,30)18(31,32)19(33,34)20(35,36)21(37,38)22(39,40)23(41,42)43)6-1-7-45-14-12(9-46-13(8-44)47-14)10-2-4-11(5-3-10)16(26,27)28/h2-5,9H,1,6-7H2,(H,45,46,47). The predicted octanol–water partition coefficient (Wildman–Crippen LogP) is 9.24. The Morgan fingerprint density at radius 1 is 0.617 bits per heavy atom. The summed E-state index contributed by atoms with van der Waals surface area (Å²) in [6.07, 6.45) is -16.2. The van der Waals surface area contributed by atoms with Gasteiger partial charge >= 0.3 is 53.8 Å². The van der Waals surface area contributed by atoms with Crippen LogP contribution in [0.4, 0.5) is 93.6 Å². The molecule has 47 heavy (non-hydrogen) atoms. The second-order valence-corrected chi connectivity index (χ2v) is 9.32. The Morgan fingerprint density at radius 2 is 1.06 bits per heavy atom. The van der Waals surface area contributed by atoms with Crippen molar-refractivity contribution in [1.82, 2.24) is 9.97 Å². The Balaban J connectivity index is 2.34. The van der Waals surface area contributed by atoms with E-state index in [1.165, 1.54) is 6.07 Å². The summed E-state index contributed by atoms with van der Waals surface area (Å²) < 4.78 is 266. The quantitative estimate of drug-likeness (QED) is 0.175. The number of hydrogen-bond acceptors (Lipinski definition) is 4. The van der Waals surface area contributed by atoms with Gasteiger partial charge in [-0.15, -0.1) is 0 Å². The minimum atomic E-state index is -8.73. The number of nitrogens with one attached hydrogen (secondary N) is 1. The first-order chi connectivity index (χ1) is 20.8. The monoisotopic (exact) mass is 724 g/mol. The van der Waals surface area contributed by atoms with Crippen LogP contribution in [0.5, 0.6) is 0 Å². The van der Waals surface area contributed by atoms with Gasteiger partial charge in [-0.3, -0.25) is 0 Å². The summed E-state index contributed by atoms with van der Waals surface area (Å²) in [6, 6.07) is 4.09. The normalized spacial score (nSPS) is 14.6. The number of halogens is 20. The molecule has 264 valence electrons. The number of hydrogen-bond donors (Lipinski definition) is 1. The molecule has 0 aliphatic heterocycles. The zero-order chi connectivity index (χ0) is 36.9. The van der Waals surface area contributed by atoms with Crippen LogP contribution in [0.1, 0.15) is 24.2 Å². The van der Waals surface area contributed by atoms with Crippen molar-refractivity contribution in [3.8, 4) is 17.2 Å². The van der Waals surface area contributed by atoms with Crippen LogP contribution in [0.2, 0.25) is 0 Å². The third kappa shape index (κ3) is 6.53. The van der Waals surface area contributed by atoms with E-state index in [9.17, 15) is 87.8 Å². The maximum absolute atomic E-state index is 14.1. The van der Waals surface area contributed by atoms with E-state index in [0.717, 1.165) is 18.3 Å². The summed E-state index contributed by atoms with van der Waals surface area (Å²) in [5.41, 5.74) is -1.61. The molecule has 0 saturated heterocycles. The Morgan fingerprint density at radius 3 is 1.49 bits per heavy atom. The number of nitriles is 1. The minimum Gasteiger partial charge on any atom is -0.369 e. The van der Waals surface area contributed by atoms with Gasteiger partial charge in [0, 0.05) is 24.7 Å². The Bertz CT molecular complexity index is 1450. The van der Waals surface area contributed by atoms with Gasteiger partial charge < -0.3 is 5.32 Å². The van der Waals surface area contributed by atoms with Crippen molar-refractivity contribution in [1.29, 1.82) is 5.26 Å². The molecule has 0 amide bonds. The molecule has 2 aromatic rings. The van der Waals surface area contributed by atoms with Crippen molar-refractivity contribution in [3.05, 3.63) is 41.9 Å². The zero-order valence-corrected chi connectivity index (χ0v) is 21.9. The summed E-state index contributed by atoms with van der Waals surface area (Å²) in [5.74, 6) is -58.4. The summed E-state index contributed by atoms with van der Waals surface area (Å²) in [4.78, 5) is 7.01. The van der Waals surface area contributed by atoms with E-state index in [2.05, 4.69) is 15.3 Å². The molecule has 1 heterocycles. The predicted molar refractivity (Wildman–Crippen MR) is 116 cm³/mol. The fourth-order valence-corrected chi connectivity index (χ4v) is 3.49. The minimum absolute atomic E-state index is 0.155. The molecule has 1 N–H and O–H groups in total. The van der Waals surface area contributed by atoms with Gasteiger partial charge in [0.05, 0.1) is 5.56 Å². The summed E-state index contributed by atoms with van der Waals surface area (Å²) in [7, 11) is 0. The maximum atomic E-state index is 14.1. The van der Waals surface area contributed by atoms with Crippen LogP contribution in [-0.2, 0) is 6.18 Å². The number of aromatic nitrogens is 2. The highest BCUT2D eigenvalue weighted by atomic mass is 19.4. The van der Waals surface area contributed by atoms with Gasteiger partial charge in [0.15, 0.2) is 0 Å². The molecule has 0 aliphatic carbocycles. The first-order valence-corrected chi connectivity index (χ1v) is 11.7. The zero-order valence-electron chi connectivity index (χ0n) is 21.9. The second-order valence-electron chi connectivity index (χ2n) is 9.32. The first kappa shape index (κ1) is 39.4. The molecule has 1 aromatic heterocycles. The average Bonchev–Trinajstić information content (AvgIpc) is 2.93. The van der Waals surface area contributed by atoms with Gasteiger partial charge in [0.25, 0.3) is 0 Å². The highest BCUT2D eigenvalue weighted by Gasteiger charge is 2.95.